The third kappa shape index (κ3) is 5.07. The Morgan fingerprint density at radius 2 is 2.33 bits per heavy atom. The molecule has 0 spiro atoms. The van der Waals surface area contributed by atoms with Gasteiger partial charge in [0.05, 0.1) is 10.4 Å². The van der Waals surface area contributed by atoms with Crippen molar-refractivity contribution in [3.8, 4) is 0 Å². The molecule has 6 heteroatoms. The Labute approximate surface area is 138 Å². The predicted octanol–water partition coefficient (Wildman–Crippen LogP) is 3.28. The van der Waals surface area contributed by atoms with Crippen molar-refractivity contribution in [1.29, 1.82) is 0 Å². The third-order valence-electron chi connectivity index (χ3n) is 3.07. The molecule has 1 N–H and O–H groups in total. The monoisotopic (exact) mass is 369 g/mol. The number of ether oxygens (including phenoxy) is 1. The summed E-state index contributed by atoms with van der Waals surface area (Å²) in [6.45, 7) is 3.20. The molecule has 0 unspecified atom stereocenters. The van der Waals surface area contributed by atoms with Crippen LogP contribution in [-0.2, 0) is 17.8 Å². The van der Waals surface area contributed by atoms with Crippen molar-refractivity contribution in [2.75, 3.05) is 32.2 Å². The Kier molecular flexibility index (Phi) is 6.63. The van der Waals surface area contributed by atoms with E-state index < -0.39 is 0 Å². The highest BCUT2D eigenvalue weighted by atomic mass is 79.9. The number of methoxy groups -OCH3 is 1. The molecule has 2 heterocycles. The largest absolute Gasteiger partial charge is 0.383 e. The number of rotatable bonds is 8. The van der Waals surface area contributed by atoms with Gasteiger partial charge in [0.2, 0.25) is 0 Å². The number of hydrogen-bond donors (Lipinski definition) is 1. The maximum atomic E-state index is 5.05. The van der Waals surface area contributed by atoms with E-state index in [4.69, 9.17) is 4.74 Å². The Morgan fingerprint density at radius 3 is 3.05 bits per heavy atom. The molecule has 4 nitrogen and oxygen atoms in total. The van der Waals surface area contributed by atoms with Gasteiger partial charge in [-0.1, -0.05) is 6.07 Å². The number of nitrogens with one attached hydrogen (secondary N) is 1. The van der Waals surface area contributed by atoms with Crippen LogP contribution in [0.15, 0.2) is 33.6 Å². The lowest BCUT2D eigenvalue weighted by molar-refractivity contribution is 0.199. The van der Waals surface area contributed by atoms with E-state index in [0.717, 1.165) is 29.2 Å². The third-order valence-corrected chi connectivity index (χ3v) is 4.62. The van der Waals surface area contributed by atoms with Crippen molar-refractivity contribution < 1.29 is 4.74 Å². The van der Waals surface area contributed by atoms with Crippen LogP contribution in [0.25, 0.3) is 0 Å². The molecular formula is C15H20BrN3OS. The minimum absolute atomic E-state index is 0.717. The molecule has 21 heavy (non-hydrogen) atoms. The standard InChI is InChI=1S/C15H20BrN3OS/c1-19(10-12-8-14(16)21-11-12)15-13(4-3-5-18-15)9-17-6-7-20-2/h3-5,8,11,17H,6-7,9-10H2,1-2H3. The molecule has 0 aliphatic carbocycles. The van der Waals surface area contributed by atoms with Crippen molar-refractivity contribution in [3.05, 3.63) is 44.7 Å². The van der Waals surface area contributed by atoms with Crippen LogP contribution in [0.2, 0.25) is 0 Å². The molecule has 0 saturated heterocycles. The summed E-state index contributed by atoms with van der Waals surface area (Å²) < 4.78 is 6.21. The molecule has 114 valence electrons. The number of halogens is 1. The lowest BCUT2D eigenvalue weighted by Gasteiger charge is -2.21. The van der Waals surface area contributed by atoms with Crippen molar-refractivity contribution in [2.24, 2.45) is 0 Å². The van der Waals surface area contributed by atoms with E-state index in [9.17, 15) is 0 Å². The van der Waals surface area contributed by atoms with Crippen molar-refractivity contribution in [1.82, 2.24) is 10.3 Å². The van der Waals surface area contributed by atoms with Gasteiger partial charge in [-0.3, -0.25) is 0 Å². The van der Waals surface area contributed by atoms with Crippen LogP contribution in [0.5, 0.6) is 0 Å². The molecule has 0 fully saturated rings. The SMILES string of the molecule is COCCNCc1cccnc1N(C)Cc1csc(Br)c1. The van der Waals surface area contributed by atoms with Gasteiger partial charge in [0.15, 0.2) is 0 Å². The highest BCUT2D eigenvalue weighted by molar-refractivity contribution is 9.11. The first kappa shape index (κ1) is 16.4. The maximum Gasteiger partial charge on any atom is 0.133 e. The van der Waals surface area contributed by atoms with Gasteiger partial charge in [0.1, 0.15) is 5.82 Å². The lowest BCUT2D eigenvalue weighted by atomic mass is 10.2. The number of aromatic nitrogens is 1. The van der Waals surface area contributed by atoms with Crippen molar-refractivity contribution >= 4 is 33.1 Å². The Balaban J connectivity index is 2.00. The van der Waals surface area contributed by atoms with E-state index in [-0.39, 0.29) is 0 Å². The summed E-state index contributed by atoms with van der Waals surface area (Å²) in [6, 6.07) is 6.24. The second-order valence-electron chi connectivity index (χ2n) is 4.77. The number of thiophene rings is 1. The molecule has 0 saturated carbocycles. The average molecular weight is 370 g/mol. The molecule has 0 atom stereocenters. The minimum atomic E-state index is 0.717. The number of anilines is 1. The summed E-state index contributed by atoms with van der Waals surface area (Å²) in [6.07, 6.45) is 1.84. The Hall–Kier alpha value is -0.950. The van der Waals surface area contributed by atoms with Gasteiger partial charge in [0, 0.05) is 45.6 Å². The lowest BCUT2D eigenvalue weighted by Crippen LogP contribution is -2.23. The molecule has 2 aromatic rings. The molecule has 2 aromatic heterocycles. The van der Waals surface area contributed by atoms with E-state index in [1.54, 1.807) is 18.4 Å². The summed E-state index contributed by atoms with van der Waals surface area (Å²) >= 11 is 5.21. The first-order chi connectivity index (χ1) is 10.2. The summed E-state index contributed by atoms with van der Waals surface area (Å²) in [7, 11) is 3.79. The molecule has 0 bridgehead atoms. The maximum absolute atomic E-state index is 5.05. The zero-order chi connectivity index (χ0) is 15.1. The average Bonchev–Trinajstić information content (AvgIpc) is 2.89. The molecule has 2 rings (SSSR count). The van der Waals surface area contributed by atoms with Crippen LogP contribution in [0.1, 0.15) is 11.1 Å². The fraction of sp³-hybridized carbons (Fsp3) is 0.400. The fourth-order valence-corrected chi connectivity index (χ4v) is 3.29. The van der Waals surface area contributed by atoms with Gasteiger partial charge in [-0.25, -0.2) is 4.98 Å². The van der Waals surface area contributed by atoms with Crippen LogP contribution in [0.3, 0.4) is 0 Å². The number of pyridine rings is 1. The molecule has 0 aromatic carbocycles. The topological polar surface area (TPSA) is 37.4 Å². The highest BCUT2D eigenvalue weighted by Gasteiger charge is 2.09. The summed E-state index contributed by atoms with van der Waals surface area (Å²) in [5.41, 5.74) is 2.49. The van der Waals surface area contributed by atoms with E-state index in [2.05, 4.69) is 55.7 Å². The zero-order valence-electron chi connectivity index (χ0n) is 12.3. The zero-order valence-corrected chi connectivity index (χ0v) is 14.7. The second-order valence-corrected chi connectivity index (χ2v) is 7.06. The second kappa shape index (κ2) is 8.48. The predicted molar refractivity (Wildman–Crippen MR) is 91.9 cm³/mol. The van der Waals surface area contributed by atoms with Gasteiger partial charge in [-0.15, -0.1) is 11.3 Å². The van der Waals surface area contributed by atoms with Gasteiger partial charge in [-0.2, -0.15) is 0 Å². The van der Waals surface area contributed by atoms with Gasteiger partial charge in [-0.05, 0) is 39.0 Å². The molecule has 0 amide bonds. The fourth-order valence-electron chi connectivity index (χ4n) is 2.09. The summed E-state index contributed by atoms with van der Waals surface area (Å²) in [4.78, 5) is 6.71. The van der Waals surface area contributed by atoms with Crippen LogP contribution in [0, 0.1) is 0 Å². The van der Waals surface area contributed by atoms with Crippen LogP contribution in [0.4, 0.5) is 5.82 Å². The highest BCUT2D eigenvalue weighted by Crippen LogP contribution is 2.24. The minimum Gasteiger partial charge on any atom is -0.383 e. The van der Waals surface area contributed by atoms with Crippen LogP contribution < -0.4 is 10.2 Å². The Morgan fingerprint density at radius 1 is 1.48 bits per heavy atom. The van der Waals surface area contributed by atoms with Crippen LogP contribution >= 0.6 is 27.3 Å². The van der Waals surface area contributed by atoms with Gasteiger partial charge in [0.25, 0.3) is 0 Å². The molecular weight excluding hydrogens is 350 g/mol. The number of hydrogen-bond acceptors (Lipinski definition) is 5. The van der Waals surface area contributed by atoms with E-state index in [1.165, 1.54) is 11.1 Å². The van der Waals surface area contributed by atoms with E-state index in [0.29, 0.717) is 6.61 Å². The van der Waals surface area contributed by atoms with E-state index >= 15 is 0 Å². The van der Waals surface area contributed by atoms with Crippen molar-refractivity contribution in [3.63, 3.8) is 0 Å². The van der Waals surface area contributed by atoms with E-state index in [1.807, 2.05) is 12.3 Å². The first-order valence-corrected chi connectivity index (χ1v) is 8.45. The quantitative estimate of drug-likeness (QED) is 0.724. The van der Waals surface area contributed by atoms with Crippen molar-refractivity contribution in [2.45, 2.75) is 13.1 Å². The molecule has 0 aliphatic rings. The first-order valence-electron chi connectivity index (χ1n) is 6.78. The molecule has 0 aliphatic heterocycles. The summed E-state index contributed by atoms with van der Waals surface area (Å²) in [5, 5.41) is 5.54. The van der Waals surface area contributed by atoms with Gasteiger partial charge < -0.3 is 15.0 Å². The smallest absolute Gasteiger partial charge is 0.133 e. The summed E-state index contributed by atoms with van der Waals surface area (Å²) in [5.74, 6) is 1.02. The Bertz CT molecular complexity index is 561. The van der Waals surface area contributed by atoms with Crippen LogP contribution in [-0.4, -0.2) is 32.3 Å². The normalized spacial score (nSPS) is 10.8. The molecule has 0 radical (unpaired) electrons. The number of nitrogens with zero attached hydrogens (tertiary/aromatic N) is 2. The van der Waals surface area contributed by atoms with Gasteiger partial charge >= 0.3 is 0 Å².